The summed E-state index contributed by atoms with van der Waals surface area (Å²) in [6.07, 6.45) is 3.24. The summed E-state index contributed by atoms with van der Waals surface area (Å²) >= 11 is 0. The third-order valence-electron chi connectivity index (χ3n) is 4.02. The molecule has 0 spiro atoms. The van der Waals surface area contributed by atoms with Crippen molar-refractivity contribution in [3.63, 3.8) is 0 Å². The number of benzene rings is 1. The Morgan fingerprint density at radius 3 is 2.76 bits per heavy atom. The Balaban J connectivity index is 1.71. The molecule has 1 aromatic rings. The fourth-order valence-corrected chi connectivity index (χ4v) is 3.04. The van der Waals surface area contributed by atoms with Crippen LogP contribution in [0.25, 0.3) is 0 Å². The van der Waals surface area contributed by atoms with E-state index in [4.69, 9.17) is 0 Å². The van der Waals surface area contributed by atoms with Crippen LogP contribution in [0.1, 0.15) is 24.0 Å². The molecule has 0 aromatic heterocycles. The molecule has 0 N–H and O–H groups in total. The largest absolute Gasteiger partial charge is 0.294 e. The molecule has 0 radical (unpaired) electrons. The van der Waals surface area contributed by atoms with Crippen LogP contribution < -0.4 is 0 Å². The molecular weight excluding hydrogens is 215 g/mol. The number of rotatable bonds is 1. The predicted molar refractivity (Wildman–Crippen MR) is 66.3 cm³/mol. The fourth-order valence-electron chi connectivity index (χ4n) is 3.04. The lowest BCUT2D eigenvalue weighted by Crippen LogP contribution is -2.47. The average Bonchev–Trinajstić information content (AvgIpc) is 2.38. The zero-order valence-electron chi connectivity index (χ0n) is 10.1. The first kappa shape index (κ1) is 11.2. The number of hydrogen-bond donors (Lipinski definition) is 0. The molecule has 17 heavy (non-hydrogen) atoms. The molecular formula is C14H19FN2. The maximum Gasteiger partial charge on any atom is 0.0446 e. The Hall–Kier alpha value is -0.930. The molecule has 0 saturated carbocycles. The Morgan fingerprint density at radius 1 is 1.12 bits per heavy atom. The average molecular weight is 234 g/mol. The third kappa shape index (κ3) is 2.35. The second-order valence-electron chi connectivity index (χ2n) is 5.15. The standard InChI is InChI=1S/C14H19FN2/c15-17-8-3-6-14(11-17)16-9-7-12-4-1-2-5-13(12)10-16/h1-2,4-5,14H,3,6-11H2. The Kier molecular flexibility index (Phi) is 3.12. The van der Waals surface area contributed by atoms with Crippen LogP contribution in [-0.2, 0) is 13.0 Å². The molecule has 3 rings (SSSR count). The first-order chi connectivity index (χ1) is 8.33. The second-order valence-corrected chi connectivity index (χ2v) is 5.15. The van der Waals surface area contributed by atoms with Crippen LogP contribution in [-0.4, -0.2) is 35.7 Å². The van der Waals surface area contributed by atoms with Crippen molar-refractivity contribution in [2.24, 2.45) is 0 Å². The van der Waals surface area contributed by atoms with Gasteiger partial charge in [0, 0.05) is 32.2 Å². The van der Waals surface area contributed by atoms with Crippen molar-refractivity contribution in [1.29, 1.82) is 0 Å². The summed E-state index contributed by atoms with van der Waals surface area (Å²) in [7, 11) is 0. The molecule has 1 saturated heterocycles. The summed E-state index contributed by atoms with van der Waals surface area (Å²) in [6.45, 7) is 3.27. The van der Waals surface area contributed by atoms with Gasteiger partial charge in [-0.3, -0.25) is 4.90 Å². The van der Waals surface area contributed by atoms with Crippen LogP contribution in [0.4, 0.5) is 4.48 Å². The molecule has 1 fully saturated rings. The molecule has 1 unspecified atom stereocenters. The number of piperidine rings is 1. The summed E-state index contributed by atoms with van der Waals surface area (Å²) in [6, 6.07) is 9.04. The van der Waals surface area contributed by atoms with Crippen molar-refractivity contribution in [3.8, 4) is 0 Å². The molecule has 2 aliphatic heterocycles. The second kappa shape index (κ2) is 4.75. The Labute approximate surface area is 102 Å². The van der Waals surface area contributed by atoms with Crippen LogP contribution in [0.15, 0.2) is 24.3 Å². The smallest absolute Gasteiger partial charge is 0.0446 e. The van der Waals surface area contributed by atoms with Crippen molar-refractivity contribution in [3.05, 3.63) is 35.4 Å². The monoisotopic (exact) mass is 234 g/mol. The molecule has 92 valence electrons. The summed E-state index contributed by atoms with van der Waals surface area (Å²) in [5.41, 5.74) is 2.89. The topological polar surface area (TPSA) is 6.48 Å². The molecule has 0 amide bonds. The van der Waals surface area contributed by atoms with Gasteiger partial charge in [-0.1, -0.05) is 24.3 Å². The fraction of sp³-hybridized carbons (Fsp3) is 0.571. The first-order valence-electron chi connectivity index (χ1n) is 6.54. The SMILES string of the molecule is FN1CCCC(N2CCc3ccccc3C2)C1. The highest BCUT2D eigenvalue weighted by atomic mass is 19.2. The van der Waals surface area contributed by atoms with Gasteiger partial charge in [0.05, 0.1) is 0 Å². The van der Waals surface area contributed by atoms with Gasteiger partial charge in [0.15, 0.2) is 0 Å². The predicted octanol–water partition coefficient (Wildman–Crippen LogP) is 2.39. The number of fused-ring (bicyclic) bond motifs is 1. The van der Waals surface area contributed by atoms with E-state index >= 15 is 0 Å². The lowest BCUT2D eigenvalue weighted by Gasteiger charge is -2.38. The van der Waals surface area contributed by atoms with Crippen molar-refractivity contribution in [2.75, 3.05) is 19.6 Å². The van der Waals surface area contributed by atoms with Gasteiger partial charge in [0.25, 0.3) is 0 Å². The Bertz CT molecular complexity index is 394. The highest BCUT2D eigenvalue weighted by Crippen LogP contribution is 2.24. The van der Waals surface area contributed by atoms with Crippen molar-refractivity contribution in [2.45, 2.75) is 31.8 Å². The maximum atomic E-state index is 13.3. The van der Waals surface area contributed by atoms with E-state index in [0.717, 1.165) is 37.5 Å². The molecule has 2 aliphatic rings. The highest BCUT2D eigenvalue weighted by molar-refractivity contribution is 5.29. The number of nitrogens with zero attached hydrogens (tertiary/aromatic N) is 2. The maximum absolute atomic E-state index is 13.3. The van der Waals surface area contributed by atoms with E-state index in [-0.39, 0.29) is 0 Å². The van der Waals surface area contributed by atoms with E-state index in [1.807, 2.05) is 0 Å². The van der Waals surface area contributed by atoms with E-state index in [9.17, 15) is 4.48 Å². The van der Waals surface area contributed by atoms with Gasteiger partial charge in [0.1, 0.15) is 0 Å². The van der Waals surface area contributed by atoms with Gasteiger partial charge in [-0.15, -0.1) is 9.60 Å². The first-order valence-corrected chi connectivity index (χ1v) is 6.54. The third-order valence-corrected chi connectivity index (χ3v) is 4.02. The number of halogens is 1. The minimum Gasteiger partial charge on any atom is -0.294 e. The van der Waals surface area contributed by atoms with Gasteiger partial charge < -0.3 is 0 Å². The van der Waals surface area contributed by atoms with E-state index in [1.54, 1.807) is 0 Å². The zero-order chi connectivity index (χ0) is 11.7. The van der Waals surface area contributed by atoms with Gasteiger partial charge in [-0.05, 0) is 30.4 Å². The van der Waals surface area contributed by atoms with Gasteiger partial charge in [-0.25, -0.2) is 0 Å². The minimum absolute atomic E-state index is 0.405. The van der Waals surface area contributed by atoms with Crippen molar-refractivity contribution in [1.82, 2.24) is 10.0 Å². The molecule has 3 heteroatoms. The molecule has 0 bridgehead atoms. The Morgan fingerprint density at radius 2 is 1.94 bits per heavy atom. The van der Waals surface area contributed by atoms with E-state index in [0.29, 0.717) is 19.1 Å². The van der Waals surface area contributed by atoms with Crippen LogP contribution in [0.5, 0.6) is 0 Å². The van der Waals surface area contributed by atoms with Crippen LogP contribution in [0, 0.1) is 0 Å². The molecule has 1 atom stereocenters. The zero-order valence-corrected chi connectivity index (χ0v) is 10.1. The van der Waals surface area contributed by atoms with Crippen LogP contribution >= 0.6 is 0 Å². The van der Waals surface area contributed by atoms with Gasteiger partial charge in [0.2, 0.25) is 0 Å². The molecule has 2 nitrogen and oxygen atoms in total. The minimum atomic E-state index is 0.405. The summed E-state index contributed by atoms with van der Waals surface area (Å²) in [5.74, 6) is 0. The molecule has 2 heterocycles. The lowest BCUT2D eigenvalue weighted by molar-refractivity contribution is -0.0348. The lowest BCUT2D eigenvalue weighted by atomic mass is 9.96. The van der Waals surface area contributed by atoms with Crippen LogP contribution in [0.3, 0.4) is 0 Å². The number of hydrogen-bond acceptors (Lipinski definition) is 2. The molecule has 1 aromatic carbocycles. The quantitative estimate of drug-likeness (QED) is 0.688. The highest BCUT2D eigenvalue weighted by Gasteiger charge is 2.27. The molecule has 0 aliphatic carbocycles. The van der Waals surface area contributed by atoms with Crippen LogP contribution in [0.2, 0.25) is 0 Å². The van der Waals surface area contributed by atoms with E-state index in [2.05, 4.69) is 29.2 Å². The summed E-state index contributed by atoms with van der Waals surface area (Å²) in [4.78, 5) is 2.45. The van der Waals surface area contributed by atoms with E-state index < -0.39 is 0 Å². The van der Waals surface area contributed by atoms with Gasteiger partial charge >= 0.3 is 0 Å². The van der Waals surface area contributed by atoms with Crippen molar-refractivity contribution >= 4 is 0 Å². The normalized spacial score (nSPS) is 26.8. The summed E-state index contributed by atoms with van der Waals surface area (Å²) in [5, 5.41) is 0.981. The summed E-state index contributed by atoms with van der Waals surface area (Å²) < 4.78 is 13.3. The van der Waals surface area contributed by atoms with Gasteiger partial charge in [-0.2, -0.15) is 0 Å². The van der Waals surface area contributed by atoms with Crippen molar-refractivity contribution < 1.29 is 4.48 Å². The van der Waals surface area contributed by atoms with E-state index in [1.165, 1.54) is 11.1 Å².